The number of hydrogen-bond donors (Lipinski definition) is 1. The molecule has 1 aromatic carbocycles. The molecule has 0 spiro atoms. The summed E-state index contributed by atoms with van der Waals surface area (Å²) in [6.07, 6.45) is 8.51. The topological polar surface area (TPSA) is 29.9 Å². The van der Waals surface area contributed by atoms with Crippen molar-refractivity contribution < 1.29 is 4.39 Å². The van der Waals surface area contributed by atoms with E-state index in [2.05, 4.69) is 27.4 Å². The van der Waals surface area contributed by atoms with Crippen LogP contribution in [0.25, 0.3) is 0 Å². The van der Waals surface area contributed by atoms with E-state index < -0.39 is 0 Å². The third-order valence-electron chi connectivity index (χ3n) is 4.27. The first-order valence-electron chi connectivity index (χ1n) is 7.76. The Morgan fingerprint density at radius 2 is 2.05 bits per heavy atom. The molecule has 3 nitrogen and oxygen atoms in total. The predicted molar refractivity (Wildman–Crippen MR) is 82.8 cm³/mol. The number of anilines is 1. The molecule has 3 rings (SSSR count). The van der Waals surface area contributed by atoms with Gasteiger partial charge in [-0.15, -0.1) is 0 Å². The highest BCUT2D eigenvalue weighted by atomic mass is 19.1. The fourth-order valence-electron chi connectivity index (χ4n) is 2.99. The summed E-state index contributed by atoms with van der Waals surface area (Å²) in [4.78, 5) is 0. The molecule has 4 heteroatoms. The first kappa shape index (κ1) is 14.1. The number of rotatable bonds is 4. The van der Waals surface area contributed by atoms with Crippen LogP contribution in [0.2, 0.25) is 0 Å². The highest BCUT2D eigenvalue weighted by Crippen LogP contribution is 2.27. The third kappa shape index (κ3) is 3.43. The maximum Gasteiger partial charge on any atom is 0.125 e. The molecule has 2 aromatic rings. The van der Waals surface area contributed by atoms with E-state index in [1.807, 2.05) is 6.92 Å². The van der Waals surface area contributed by atoms with E-state index in [4.69, 9.17) is 0 Å². The molecule has 0 unspecified atom stereocenters. The standard InChI is InChI=1S/C17H22FN3/c1-13-7-8-14(18)11-17(13)19-12-15-9-10-21(20-15)16-5-3-2-4-6-16/h7-11,16,19H,2-6,12H2,1H3. The summed E-state index contributed by atoms with van der Waals surface area (Å²) in [5.41, 5.74) is 2.88. The van der Waals surface area contributed by atoms with Crippen LogP contribution in [0, 0.1) is 12.7 Å². The lowest BCUT2D eigenvalue weighted by Crippen LogP contribution is -2.13. The van der Waals surface area contributed by atoms with Crippen molar-refractivity contribution in [2.75, 3.05) is 5.32 Å². The smallest absolute Gasteiger partial charge is 0.125 e. The fourth-order valence-corrected chi connectivity index (χ4v) is 2.99. The Balaban J connectivity index is 1.63. The van der Waals surface area contributed by atoms with E-state index >= 15 is 0 Å². The van der Waals surface area contributed by atoms with Crippen LogP contribution >= 0.6 is 0 Å². The highest BCUT2D eigenvalue weighted by molar-refractivity contribution is 5.50. The van der Waals surface area contributed by atoms with Gasteiger partial charge in [-0.2, -0.15) is 5.10 Å². The van der Waals surface area contributed by atoms with Gasteiger partial charge in [-0.1, -0.05) is 25.3 Å². The molecular formula is C17H22FN3. The minimum atomic E-state index is -0.212. The van der Waals surface area contributed by atoms with Crippen molar-refractivity contribution in [3.8, 4) is 0 Å². The number of aromatic nitrogens is 2. The van der Waals surface area contributed by atoms with Crippen LogP contribution in [-0.2, 0) is 6.54 Å². The van der Waals surface area contributed by atoms with Crippen LogP contribution in [-0.4, -0.2) is 9.78 Å². The molecule has 1 heterocycles. The van der Waals surface area contributed by atoms with E-state index in [0.29, 0.717) is 12.6 Å². The van der Waals surface area contributed by atoms with E-state index in [0.717, 1.165) is 16.9 Å². The molecular weight excluding hydrogens is 265 g/mol. The van der Waals surface area contributed by atoms with Crippen molar-refractivity contribution in [3.05, 3.63) is 47.5 Å². The van der Waals surface area contributed by atoms with Crippen LogP contribution in [0.3, 0.4) is 0 Å². The molecule has 0 bridgehead atoms. The lowest BCUT2D eigenvalue weighted by atomic mass is 9.96. The molecule has 1 fully saturated rings. The van der Waals surface area contributed by atoms with E-state index in [9.17, 15) is 4.39 Å². The van der Waals surface area contributed by atoms with Gasteiger partial charge in [0.2, 0.25) is 0 Å². The van der Waals surface area contributed by atoms with Gasteiger partial charge in [0.25, 0.3) is 0 Å². The van der Waals surface area contributed by atoms with Crippen LogP contribution in [0.4, 0.5) is 10.1 Å². The van der Waals surface area contributed by atoms with Crippen LogP contribution in [0.15, 0.2) is 30.5 Å². The van der Waals surface area contributed by atoms with Gasteiger partial charge in [0.05, 0.1) is 18.3 Å². The van der Waals surface area contributed by atoms with Gasteiger partial charge in [-0.3, -0.25) is 4.68 Å². The molecule has 1 saturated carbocycles. The fraction of sp³-hybridized carbons (Fsp3) is 0.471. The predicted octanol–water partition coefficient (Wildman–Crippen LogP) is 4.45. The molecule has 1 aliphatic rings. The van der Waals surface area contributed by atoms with Gasteiger partial charge in [0.1, 0.15) is 5.82 Å². The third-order valence-corrected chi connectivity index (χ3v) is 4.27. The summed E-state index contributed by atoms with van der Waals surface area (Å²) >= 11 is 0. The van der Waals surface area contributed by atoms with Crippen molar-refractivity contribution in [1.29, 1.82) is 0 Å². The number of aryl methyl sites for hydroxylation is 1. The van der Waals surface area contributed by atoms with Gasteiger partial charge < -0.3 is 5.32 Å². The summed E-state index contributed by atoms with van der Waals surface area (Å²) < 4.78 is 15.4. The van der Waals surface area contributed by atoms with Crippen LogP contribution in [0.1, 0.15) is 49.4 Å². The monoisotopic (exact) mass is 287 g/mol. The SMILES string of the molecule is Cc1ccc(F)cc1NCc1ccn(C2CCCCC2)n1. The zero-order valence-electron chi connectivity index (χ0n) is 12.5. The van der Waals surface area contributed by atoms with E-state index in [-0.39, 0.29) is 5.82 Å². The zero-order chi connectivity index (χ0) is 14.7. The Bertz CT molecular complexity index is 600. The first-order valence-corrected chi connectivity index (χ1v) is 7.76. The molecule has 0 atom stereocenters. The molecule has 0 amide bonds. The van der Waals surface area contributed by atoms with Crippen molar-refractivity contribution in [1.82, 2.24) is 9.78 Å². The number of hydrogen-bond acceptors (Lipinski definition) is 2. The summed E-state index contributed by atoms with van der Waals surface area (Å²) in [6.45, 7) is 2.60. The van der Waals surface area contributed by atoms with Crippen molar-refractivity contribution in [2.24, 2.45) is 0 Å². The second kappa shape index (κ2) is 6.29. The average molecular weight is 287 g/mol. The Morgan fingerprint density at radius 1 is 1.24 bits per heavy atom. The molecule has 0 radical (unpaired) electrons. The summed E-state index contributed by atoms with van der Waals surface area (Å²) in [5.74, 6) is -0.212. The average Bonchev–Trinajstić information content (AvgIpc) is 2.98. The van der Waals surface area contributed by atoms with Gasteiger partial charge in [-0.05, 0) is 43.5 Å². The molecule has 112 valence electrons. The van der Waals surface area contributed by atoms with Crippen LogP contribution < -0.4 is 5.32 Å². The lowest BCUT2D eigenvalue weighted by Gasteiger charge is -2.21. The maximum absolute atomic E-state index is 13.3. The normalized spacial score (nSPS) is 16.1. The number of nitrogens with zero attached hydrogens (tertiary/aromatic N) is 2. The lowest BCUT2D eigenvalue weighted by molar-refractivity contribution is 0.328. The van der Waals surface area contributed by atoms with Gasteiger partial charge >= 0.3 is 0 Å². The molecule has 0 aliphatic heterocycles. The van der Waals surface area contributed by atoms with Crippen molar-refractivity contribution in [3.63, 3.8) is 0 Å². The first-order chi connectivity index (χ1) is 10.2. The Hall–Kier alpha value is -1.84. The van der Waals surface area contributed by atoms with Gasteiger partial charge in [-0.25, -0.2) is 4.39 Å². The molecule has 1 aliphatic carbocycles. The van der Waals surface area contributed by atoms with Crippen LogP contribution in [0.5, 0.6) is 0 Å². The largest absolute Gasteiger partial charge is 0.379 e. The molecule has 1 N–H and O–H groups in total. The van der Waals surface area contributed by atoms with Crippen molar-refractivity contribution in [2.45, 2.75) is 51.6 Å². The van der Waals surface area contributed by atoms with Crippen molar-refractivity contribution >= 4 is 5.69 Å². The molecule has 1 aromatic heterocycles. The van der Waals surface area contributed by atoms with Gasteiger partial charge in [0.15, 0.2) is 0 Å². The van der Waals surface area contributed by atoms with E-state index in [1.54, 1.807) is 6.07 Å². The Morgan fingerprint density at radius 3 is 2.86 bits per heavy atom. The Labute approximate surface area is 125 Å². The molecule has 21 heavy (non-hydrogen) atoms. The number of halogens is 1. The summed E-state index contributed by atoms with van der Waals surface area (Å²) in [5, 5.41) is 7.93. The Kier molecular flexibility index (Phi) is 4.23. The summed E-state index contributed by atoms with van der Waals surface area (Å²) in [6, 6.07) is 7.42. The number of nitrogens with one attached hydrogen (secondary N) is 1. The highest BCUT2D eigenvalue weighted by Gasteiger charge is 2.15. The number of benzene rings is 1. The maximum atomic E-state index is 13.3. The second-order valence-corrected chi connectivity index (χ2v) is 5.89. The minimum Gasteiger partial charge on any atom is -0.379 e. The van der Waals surface area contributed by atoms with Gasteiger partial charge in [0, 0.05) is 11.9 Å². The summed E-state index contributed by atoms with van der Waals surface area (Å²) in [7, 11) is 0. The zero-order valence-corrected chi connectivity index (χ0v) is 12.5. The second-order valence-electron chi connectivity index (χ2n) is 5.89. The van der Waals surface area contributed by atoms with E-state index in [1.165, 1.54) is 44.2 Å². The quantitative estimate of drug-likeness (QED) is 0.900. The molecule has 0 saturated heterocycles. The minimum absolute atomic E-state index is 0.212.